The number of pyridine rings is 1. The molecular formula is C18H24N2O. The third-order valence-electron chi connectivity index (χ3n) is 3.76. The molecule has 0 aliphatic heterocycles. The van der Waals surface area contributed by atoms with Gasteiger partial charge in [0, 0.05) is 24.9 Å². The van der Waals surface area contributed by atoms with Crippen LogP contribution in [0.1, 0.15) is 25.3 Å². The largest absolute Gasteiger partial charge is 0.396 e. The molecule has 1 aromatic heterocycles. The Balaban J connectivity index is 1.93. The van der Waals surface area contributed by atoms with E-state index in [-0.39, 0.29) is 6.61 Å². The maximum absolute atomic E-state index is 9.01. The monoisotopic (exact) mass is 284 g/mol. The van der Waals surface area contributed by atoms with E-state index in [1.807, 2.05) is 24.4 Å². The Morgan fingerprint density at radius 1 is 1.19 bits per heavy atom. The molecule has 3 heteroatoms. The first-order valence-corrected chi connectivity index (χ1v) is 7.65. The van der Waals surface area contributed by atoms with Crippen molar-refractivity contribution in [3.63, 3.8) is 0 Å². The molecule has 0 radical (unpaired) electrons. The summed E-state index contributed by atoms with van der Waals surface area (Å²) in [5.74, 6) is 0.550. The van der Waals surface area contributed by atoms with Gasteiger partial charge in [0.15, 0.2) is 0 Å². The average molecular weight is 284 g/mol. The van der Waals surface area contributed by atoms with Gasteiger partial charge in [0.25, 0.3) is 0 Å². The summed E-state index contributed by atoms with van der Waals surface area (Å²) in [5.41, 5.74) is 3.42. The smallest absolute Gasteiger partial charge is 0.0702 e. The molecule has 2 N–H and O–H groups in total. The van der Waals surface area contributed by atoms with Crippen molar-refractivity contribution in [1.29, 1.82) is 0 Å². The predicted molar refractivity (Wildman–Crippen MR) is 86.9 cm³/mol. The summed E-state index contributed by atoms with van der Waals surface area (Å²) < 4.78 is 0. The van der Waals surface area contributed by atoms with Crippen molar-refractivity contribution in [3.8, 4) is 11.3 Å². The van der Waals surface area contributed by atoms with Gasteiger partial charge in [-0.1, -0.05) is 37.6 Å². The van der Waals surface area contributed by atoms with Crippen molar-refractivity contribution >= 4 is 0 Å². The minimum absolute atomic E-state index is 0.273. The predicted octanol–water partition coefficient (Wildman–Crippen LogP) is 3.25. The number of hydrogen-bond acceptors (Lipinski definition) is 3. The van der Waals surface area contributed by atoms with E-state index in [1.165, 1.54) is 5.56 Å². The quantitative estimate of drug-likeness (QED) is 0.782. The van der Waals surface area contributed by atoms with Crippen LogP contribution < -0.4 is 5.32 Å². The van der Waals surface area contributed by atoms with Gasteiger partial charge in [-0.2, -0.15) is 0 Å². The molecule has 0 amide bonds. The van der Waals surface area contributed by atoms with Crippen molar-refractivity contribution in [1.82, 2.24) is 10.3 Å². The first-order chi connectivity index (χ1) is 10.3. The Hall–Kier alpha value is -1.71. The van der Waals surface area contributed by atoms with Gasteiger partial charge in [-0.05, 0) is 42.6 Å². The van der Waals surface area contributed by atoms with Crippen LogP contribution in [0, 0.1) is 5.92 Å². The highest BCUT2D eigenvalue weighted by molar-refractivity contribution is 5.59. The molecule has 112 valence electrons. The van der Waals surface area contributed by atoms with Gasteiger partial charge in [-0.25, -0.2) is 0 Å². The molecule has 1 heterocycles. The van der Waals surface area contributed by atoms with Crippen LogP contribution in [0.15, 0.2) is 48.7 Å². The van der Waals surface area contributed by atoms with E-state index in [0.29, 0.717) is 5.92 Å². The minimum Gasteiger partial charge on any atom is -0.396 e. The molecule has 0 fully saturated rings. The average Bonchev–Trinajstić information content (AvgIpc) is 2.55. The van der Waals surface area contributed by atoms with Crippen molar-refractivity contribution in [3.05, 3.63) is 54.2 Å². The molecule has 1 unspecified atom stereocenters. The van der Waals surface area contributed by atoms with E-state index in [9.17, 15) is 0 Å². The number of aliphatic hydroxyl groups is 1. The Morgan fingerprint density at radius 2 is 2.10 bits per heavy atom. The minimum atomic E-state index is 0.273. The summed E-state index contributed by atoms with van der Waals surface area (Å²) in [6.45, 7) is 4.24. The van der Waals surface area contributed by atoms with Gasteiger partial charge >= 0.3 is 0 Å². The van der Waals surface area contributed by atoms with Crippen LogP contribution in [0.5, 0.6) is 0 Å². The number of aromatic nitrogens is 1. The summed E-state index contributed by atoms with van der Waals surface area (Å²) in [6, 6.07) is 14.4. The normalized spacial score (nSPS) is 12.3. The molecule has 0 saturated heterocycles. The Kier molecular flexibility index (Phi) is 6.38. The maximum atomic E-state index is 9.01. The lowest BCUT2D eigenvalue weighted by molar-refractivity contribution is 0.251. The summed E-state index contributed by atoms with van der Waals surface area (Å²) >= 11 is 0. The van der Waals surface area contributed by atoms with Crippen molar-refractivity contribution in [2.45, 2.75) is 26.3 Å². The topological polar surface area (TPSA) is 45.1 Å². The molecule has 3 nitrogen and oxygen atoms in total. The SMILES string of the molecule is CCC(CCO)CNCc1cccc(-c2ccccn2)c1. The lowest BCUT2D eigenvalue weighted by Crippen LogP contribution is -2.22. The van der Waals surface area contributed by atoms with Crippen LogP contribution >= 0.6 is 0 Å². The third-order valence-corrected chi connectivity index (χ3v) is 3.76. The molecule has 2 aromatic rings. The van der Waals surface area contributed by atoms with Gasteiger partial charge in [0.2, 0.25) is 0 Å². The molecule has 0 aliphatic carbocycles. The molecule has 0 bridgehead atoms. The molecule has 21 heavy (non-hydrogen) atoms. The summed E-state index contributed by atoms with van der Waals surface area (Å²) in [6.07, 6.45) is 3.79. The van der Waals surface area contributed by atoms with E-state index in [1.54, 1.807) is 0 Å². The zero-order valence-corrected chi connectivity index (χ0v) is 12.6. The van der Waals surface area contributed by atoms with E-state index in [4.69, 9.17) is 5.11 Å². The number of aliphatic hydroxyl groups excluding tert-OH is 1. The Labute approximate surface area is 127 Å². The second-order valence-corrected chi connectivity index (χ2v) is 5.33. The van der Waals surface area contributed by atoms with Gasteiger partial charge < -0.3 is 10.4 Å². The number of nitrogens with one attached hydrogen (secondary N) is 1. The van der Waals surface area contributed by atoms with Crippen molar-refractivity contribution in [2.24, 2.45) is 5.92 Å². The Morgan fingerprint density at radius 3 is 2.81 bits per heavy atom. The van der Waals surface area contributed by atoms with E-state index in [0.717, 1.165) is 37.2 Å². The second kappa shape index (κ2) is 8.55. The van der Waals surface area contributed by atoms with Crippen LogP contribution in [0.3, 0.4) is 0 Å². The molecule has 0 spiro atoms. The van der Waals surface area contributed by atoms with Gasteiger partial charge in [-0.15, -0.1) is 0 Å². The summed E-state index contributed by atoms with van der Waals surface area (Å²) in [7, 11) is 0. The number of benzene rings is 1. The standard InChI is InChI=1S/C18H24N2O/c1-2-15(9-11-21)13-19-14-16-6-5-7-17(12-16)18-8-3-4-10-20-18/h3-8,10,12,15,19,21H,2,9,11,13-14H2,1H3. The van der Waals surface area contributed by atoms with Crippen LogP contribution in [0.4, 0.5) is 0 Å². The zero-order chi connectivity index (χ0) is 14.9. The number of hydrogen-bond donors (Lipinski definition) is 2. The highest BCUT2D eigenvalue weighted by Crippen LogP contribution is 2.17. The van der Waals surface area contributed by atoms with Gasteiger partial charge in [0.1, 0.15) is 0 Å². The summed E-state index contributed by atoms with van der Waals surface area (Å²) in [4.78, 5) is 4.39. The van der Waals surface area contributed by atoms with Crippen LogP contribution in [0.25, 0.3) is 11.3 Å². The fourth-order valence-electron chi connectivity index (χ4n) is 2.43. The van der Waals surface area contributed by atoms with Crippen LogP contribution in [-0.2, 0) is 6.54 Å². The van der Waals surface area contributed by atoms with Gasteiger partial charge in [0.05, 0.1) is 5.69 Å². The first-order valence-electron chi connectivity index (χ1n) is 7.65. The number of nitrogens with zero attached hydrogens (tertiary/aromatic N) is 1. The van der Waals surface area contributed by atoms with Gasteiger partial charge in [-0.3, -0.25) is 4.98 Å². The molecule has 1 atom stereocenters. The molecule has 0 saturated carbocycles. The lowest BCUT2D eigenvalue weighted by atomic mass is 10.0. The van der Waals surface area contributed by atoms with Crippen molar-refractivity contribution < 1.29 is 5.11 Å². The molecular weight excluding hydrogens is 260 g/mol. The van der Waals surface area contributed by atoms with Crippen LogP contribution in [-0.4, -0.2) is 23.2 Å². The van der Waals surface area contributed by atoms with E-state index >= 15 is 0 Å². The van der Waals surface area contributed by atoms with Crippen LogP contribution in [0.2, 0.25) is 0 Å². The molecule has 1 aromatic carbocycles. The maximum Gasteiger partial charge on any atom is 0.0702 e. The lowest BCUT2D eigenvalue weighted by Gasteiger charge is -2.14. The highest BCUT2D eigenvalue weighted by atomic mass is 16.3. The number of rotatable bonds is 8. The highest BCUT2D eigenvalue weighted by Gasteiger charge is 2.05. The van der Waals surface area contributed by atoms with E-state index in [2.05, 4.69) is 41.5 Å². The van der Waals surface area contributed by atoms with Crippen molar-refractivity contribution in [2.75, 3.05) is 13.2 Å². The fourth-order valence-corrected chi connectivity index (χ4v) is 2.43. The molecule has 2 rings (SSSR count). The fraction of sp³-hybridized carbons (Fsp3) is 0.389. The third kappa shape index (κ3) is 4.96. The first kappa shape index (κ1) is 15.7. The van der Waals surface area contributed by atoms with E-state index < -0.39 is 0 Å². The Bertz CT molecular complexity index is 528. The zero-order valence-electron chi connectivity index (χ0n) is 12.6. The molecule has 0 aliphatic rings. The second-order valence-electron chi connectivity index (χ2n) is 5.33. The summed E-state index contributed by atoms with van der Waals surface area (Å²) in [5, 5.41) is 12.5.